The monoisotopic (exact) mass is 236 g/mol. The molecule has 0 saturated carbocycles. The predicted molar refractivity (Wildman–Crippen MR) is 51.8 cm³/mol. The summed E-state index contributed by atoms with van der Waals surface area (Å²) in [5.74, 6) is -0.449. The van der Waals surface area contributed by atoms with Crippen molar-refractivity contribution in [2.45, 2.75) is 31.5 Å². The number of nitrogens with zero attached hydrogens (tertiary/aromatic N) is 1. The summed E-state index contributed by atoms with van der Waals surface area (Å²) in [7, 11) is 0. The van der Waals surface area contributed by atoms with E-state index in [0.717, 1.165) is 19.4 Å². The van der Waals surface area contributed by atoms with Crippen molar-refractivity contribution in [3.8, 4) is 0 Å². The van der Waals surface area contributed by atoms with Crippen LogP contribution in [0.2, 0.25) is 0 Å². The van der Waals surface area contributed by atoms with Crippen LogP contribution in [0, 0.1) is 5.92 Å². The number of hydrogen-bond donors (Lipinski definition) is 1. The second kappa shape index (κ2) is 4.24. The minimum absolute atomic E-state index is 0.200. The van der Waals surface area contributed by atoms with Crippen molar-refractivity contribution in [1.82, 2.24) is 10.2 Å². The second-order valence-corrected chi connectivity index (χ2v) is 4.55. The lowest BCUT2D eigenvalue weighted by Gasteiger charge is -2.24. The van der Waals surface area contributed by atoms with E-state index in [9.17, 15) is 18.0 Å². The average molecular weight is 236 g/mol. The lowest BCUT2D eigenvalue weighted by atomic mass is 9.94. The van der Waals surface area contributed by atoms with Gasteiger partial charge in [-0.2, -0.15) is 13.2 Å². The average Bonchev–Trinajstić information content (AvgIpc) is 2.58. The van der Waals surface area contributed by atoms with Crippen LogP contribution in [0.1, 0.15) is 19.3 Å². The molecule has 1 N–H and O–H groups in total. The highest BCUT2D eigenvalue weighted by molar-refractivity contribution is 5.77. The molecule has 0 radical (unpaired) electrons. The molecule has 0 aromatic rings. The molecule has 2 aliphatic heterocycles. The van der Waals surface area contributed by atoms with Gasteiger partial charge in [0.25, 0.3) is 0 Å². The number of hydrogen-bond acceptors (Lipinski definition) is 2. The van der Waals surface area contributed by atoms with Gasteiger partial charge in [-0.25, -0.2) is 0 Å². The van der Waals surface area contributed by atoms with Gasteiger partial charge in [0.1, 0.15) is 6.42 Å². The standard InChI is InChI=1S/C10H15F3N2O/c11-10(12,13)4-9(16)15-5-7-2-1-3-14-8(7)6-15/h7-8,14H,1-6H2. The Morgan fingerprint density at radius 2 is 2.12 bits per heavy atom. The summed E-state index contributed by atoms with van der Waals surface area (Å²) in [5.41, 5.74) is 0. The molecular formula is C10H15F3N2O. The van der Waals surface area contributed by atoms with Crippen LogP contribution in [-0.2, 0) is 4.79 Å². The van der Waals surface area contributed by atoms with Gasteiger partial charge in [-0.05, 0) is 25.3 Å². The third-order valence-electron chi connectivity index (χ3n) is 3.30. The molecular weight excluding hydrogens is 221 g/mol. The summed E-state index contributed by atoms with van der Waals surface area (Å²) in [6.45, 7) is 1.81. The molecule has 1 amide bonds. The maximum atomic E-state index is 12.1. The summed E-state index contributed by atoms with van der Waals surface area (Å²) < 4.78 is 36.2. The van der Waals surface area contributed by atoms with Crippen LogP contribution in [0.5, 0.6) is 0 Å². The number of fused-ring (bicyclic) bond motifs is 1. The van der Waals surface area contributed by atoms with Gasteiger partial charge in [-0.3, -0.25) is 4.79 Å². The Kier molecular flexibility index (Phi) is 3.10. The smallest absolute Gasteiger partial charge is 0.340 e. The highest BCUT2D eigenvalue weighted by atomic mass is 19.4. The number of likely N-dealkylation sites (tertiary alicyclic amines) is 1. The number of amides is 1. The van der Waals surface area contributed by atoms with Gasteiger partial charge in [0, 0.05) is 19.1 Å². The van der Waals surface area contributed by atoms with Crippen molar-refractivity contribution in [2.24, 2.45) is 5.92 Å². The molecule has 0 aliphatic carbocycles. The van der Waals surface area contributed by atoms with Crippen molar-refractivity contribution >= 4 is 5.91 Å². The molecule has 2 aliphatic rings. The molecule has 2 rings (SSSR count). The van der Waals surface area contributed by atoms with Crippen molar-refractivity contribution in [3.05, 3.63) is 0 Å². The molecule has 2 fully saturated rings. The number of rotatable bonds is 1. The predicted octanol–water partition coefficient (Wildman–Crippen LogP) is 1.15. The minimum atomic E-state index is -4.39. The molecule has 0 spiro atoms. The maximum absolute atomic E-state index is 12.1. The molecule has 92 valence electrons. The summed E-state index contributed by atoms with van der Waals surface area (Å²) in [6, 6.07) is 0.200. The number of nitrogens with one attached hydrogen (secondary N) is 1. The first-order valence-electron chi connectivity index (χ1n) is 5.53. The Bertz CT molecular complexity index is 266. The number of alkyl halides is 3. The lowest BCUT2D eigenvalue weighted by molar-refractivity contribution is -0.160. The van der Waals surface area contributed by atoms with Gasteiger partial charge >= 0.3 is 6.18 Å². The molecule has 16 heavy (non-hydrogen) atoms. The fourth-order valence-electron chi connectivity index (χ4n) is 2.53. The molecule has 0 aromatic heterocycles. The van der Waals surface area contributed by atoms with Gasteiger partial charge in [-0.15, -0.1) is 0 Å². The van der Waals surface area contributed by atoms with Crippen LogP contribution in [0.3, 0.4) is 0 Å². The number of piperidine rings is 1. The molecule has 3 nitrogen and oxygen atoms in total. The molecule has 0 aromatic carbocycles. The topological polar surface area (TPSA) is 32.3 Å². The van der Waals surface area contributed by atoms with E-state index in [-0.39, 0.29) is 6.04 Å². The van der Waals surface area contributed by atoms with Crippen LogP contribution < -0.4 is 5.32 Å². The molecule has 2 saturated heterocycles. The van der Waals surface area contributed by atoms with Crippen molar-refractivity contribution in [1.29, 1.82) is 0 Å². The molecule has 2 atom stereocenters. The Labute approximate surface area is 92.0 Å². The summed E-state index contributed by atoms with van der Waals surface area (Å²) in [4.78, 5) is 12.7. The quantitative estimate of drug-likeness (QED) is 0.740. The van der Waals surface area contributed by atoms with E-state index in [1.165, 1.54) is 4.90 Å². The lowest BCUT2D eigenvalue weighted by Crippen LogP contribution is -2.41. The minimum Gasteiger partial charge on any atom is -0.340 e. The van der Waals surface area contributed by atoms with E-state index in [2.05, 4.69) is 5.32 Å². The van der Waals surface area contributed by atoms with Crippen molar-refractivity contribution in [2.75, 3.05) is 19.6 Å². The first-order valence-corrected chi connectivity index (χ1v) is 5.53. The van der Waals surface area contributed by atoms with Crippen LogP contribution in [-0.4, -0.2) is 42.7 Å². The van der Waals surface area contributed by atoms with Gasteiger partial charge < -0.3 is 10.2 Å². The number of halogens is 3. The first-order chi connectivity index (χ1) is 7.46. The van der Waals surface area contributed by atoms with Crippen molar-refractivity contribution < 1.29 is 18.0 Å². The van der Waals surface area contributed by atoms with E-state index >= 15 is 0 Å². The third kappa shape index (κ3) is 2.66. The first kappa shape index (κ1) is 11.7. The Morgan fingerprint density at radius 3 is 2.75 bits per heavy atom. The highest BCUT2D eigenvalue weighted by Crippen LogP contribution is 2.27. The highest BCUT2D eigenvalue weighted by Gasteiger charge is 2.40. The van der Waals surface area contributed by atoms with E-state index in [1.807, 2.05) is 0 Å². The van der Waals surface area contributed by atoms with Gasteiger partial charge in [0.15, 0.2) is 0 Å². The Balaban J connectivity index is 1.90. The Hall–Kier alpha value is -0.780. The van der Waals surface area contributed by atoms with Crippen molar-refractivity contribution in [3.63, 3.8) is 0 Å². The number of carbonyl (C=O) groups excluding carboxylic acids is 1. The Morgan fingerprint density at radius 1 is 1.38 bits per heavy atom. The molecule has 0 bridgehead atoms. The van der Waals surface area contributed by atoms with Gasteiger partial charge in [-0.1, -0.05) is 0 Å². The van der Waals surface area contributed by atoms with E-state index in [4.69, 9.17) is 0 Å². The largest absolute Gasteiger partial charge is 0.397 e. The SMILES string of the molecule is O=C(CC(F)(F)F)N1CC2CCCNC2C1. The van der Waals surface area contributed by atoms with E-state index in [1.54, 1.807) is 0 Å². The summed E-state index contributed by atoms with van der Waals surface area (Å²) in [5, 5.41) is 3.25. The van der Waals surface area contributed by atoms with E-state index in [0.29, 0.717) is 19.0 Å². The fraction of sp³-hybridized carbons (Fsp3) is 0.900. The van der Waals surface area contributed by atoms with Crippen LogP contribution in [0.25, 0.3) is 0 Å². The zero-order valence-electron chi connectivity index (χ0n) is 8.89. The van der Waals surface area contributed by atoms with Crippen LogP contribution >= 0.6 is 0 Å². The summed E-state index contributed by atoms with van der Waals surface area (Å²) in [6.07, 6.45) is -3.67. The van der Waals surface area contributed by atoms with Crippen LogP contribution in [0.15, 0.2) is 0 Å². The van der Waals surface area contributed by atoms with Gasteiger partial charge in [0.05, 0.1) is 0 Å². The second-order valence-electron chi connectivity index (χ2n) is 4.55. The van der Waals surface area contributed by atoms with Gasteiger partial charge in [0.2, 0.25) is 5.91 Å². The summed E-state index contributed by atoms with van der Waals surface area (Å²) >= 11 is 0. The zero-order chi connectivity index (χ0) is 11.8. The van der Waals surface area contributed by atoms with E-state index < -0.39 is 18.5 Å². The molecule has 6 heteroatoms. The zero-order valence-corrected chi connectivity index (χ0v) is 8.89. The molecule has 2 unspecified atom stereocenters. The molecule has 2 heterocycles. The number of carbonyl (C=O) groups is 1. The van der Waals surface area contributed by atoms with Crippen LogP contribution in [0.4, 0.5) is 13.2 Å². The fourth-order valence-corrected chi connectivity index (χ4v) is 2.53. The maximum Gasteiger partial charge on any atom is 0.397 e. The normalized spacial score (nSPS) is 30.3. The third-order valence-corrected chi connectivity index (χ3v) is 3.30.